The van der Waals surface area contributed by atoms with Gasteiger partial charge in [-0.25, -0.2) is 13.2 Å². The quantitative estimate of drug-likeness (QED) is 0.730. The van der Waals surface area contributed by atoms with E-state index in [-0.39, 0.29) is 17.4 Å². The Balaban J connectivity index is 1.16. The van der Waals surface area contributed by atoms with Crippen LogP contribution in [0.4, 0.5) is 19.0 Å². The number of aromatic nitrogens is 2. The zero-order valence-corrected chi connectivity index (χ0v) is 17.1. The number of benzene rings is 1. The van der Waals surface area contributed by atoms with Crippen molar-refractivity contribution in [3.05, 3.63) is 41.7 Å². The SMILES string of the molecule is Fc1cc(F)c(F)c(-c2ccc(NC3C[C@@H]4CN(C[C@@H]5COCCO5)C[C@@H]4C3)nn2)c1. The summed E-state index contributed by atoms with van der Waals surface area (Å²) in [5, 5.41) is 11.5. The standard InChI is InChI=1S/C22H25F3N4O2/c23-15-7-18(22(25)19(24)8-15)20-1-2-21(28-27-20)26-16-5-13-9-29(10-14(13)6-16)11-17-12-30-3-4-31-17/h1-2,7-8,13-14,16-17H,3-6,9-12H2,(H,26,28)/t13-,14+,16?,17-/m1/s1. The van der Waals surface area contributed by atoms with Gasteiger partial charge in [-0.05, 0) is 42.9 Å². The molecule has 0 radical (unpaired) electrons. The number of nitrogens with one attached hydrogen (secondary N) is 1. The zero-order valence-electron chi connectivity index (χ0n) is 17.1. The Hall–Kier alpha value is -2.23. The van der Waals surface area contributed by atoms with E-state index in [0.29, 0.717) is 49.6 Å². The average Bonchev–Trinajstić information content (AvgIpc) is 3.30. The molecule has 6 nitrogen and oxygen atoms in total. The van der Waals surface area contributed by atoms with E-state index in [1.165, 1.54) is 6.07 Å². The lowest BCUT2D eigenvalue weighted by molar-refractivity contribution is -0.0964. The molecule has 1 aromatic heterocycles. The molecule has 9 heteroatoms. The summed E-state index contributed by atoms with van der Waals surface area (Å²) in [7, 11) is 0. The van der Waals surface area contributed by atoms with Crippen molar-refractivity contribution < 1.29 is 22.6 Å². The van der Waals surface area contributed by atoms with Crippen molar-refractivity contribution in [1.29, 1.82) is 0 Å². The Morgan fingerprint density at radius 1 is 1.03 bits per heavy atom. The summed E-state index contributed by atoms with van der Waals surface area (Å²) in [5.74, 6) is -1.37. The summed E-state index contributed by atoms with van der Waals surface area (Å²) in [4.78, 5) is 2.48. The molecule has 3 aliphatic rings. The third-order valence-electron chi connectivity index (χ3n) is 6.46. The molecule has 166 valence electrons. The van der Waals surface area contributed by atoms with Crippen LogP contribution < -0.4 is 5.32 Å². The molecule has 0 spiro atoms. The van der Waals surface area contributed by atoms with Crippen LogP contribution >= 0.6 is 0 Å². The van der Waals surface area contributed by atoms with Gasteiger partial charge in [-0.3, -0.25) is 0 Å². The molecule has 0 bridgehead atoms. The van der Waals surface area contributed by atoms with Crippen LogP contribution in [-0.4, -0.2) is 66.7 Å². The maximum atomic E-state index is 14.0. The van der Waals surface area contributed by atoms with Gasteiger partial charge in [0.25, 0.3) is 0 Å². The van der Waals surface area contributed by atoms with E-state index in [4.69, 9.17) is 9.47 Å². The van der Waals surface area contributed by atoms with Gasteiger partial charge in [0.2, 0.25) is 0 Å². The first kappa shape index (κ1) is 20.7. The monoisotopic (exact) mass is 434 g/mol. The fourth-order valence-electron chi connectivity index (χ4n) is 5.10. The molecule has 0 amide bonds. The van der Waals surface area contributed by atoms with Crippen LogP contribution in [-0.2, 0) is 9.47 Å². The Kier molecular flexibility index (Phi) is 5.81. The minimum absolute atomic E-state index is 0.0919. The Morgan fingerprint density at radius 3 is 2.52 bits per heavy atom. The van der Waals surface area contributed by atoms with E-state index < -0.39 is 17.5 Å². The number of nitrogens with zero attached hydrogens (tertiary/aromatic N) is 3. The van der Waals surface area contributed by atoms with Crippen molar-refractivity contribution in [2.75, 3.05) is 44.8 Å². The van der Waals surface area contributed by atoms with Gasteiger partial charge in [0, 0.05) is 37.3 Å². The minimum atomic E-state index is -1.24. The summed E-state index contributed by atoms with van der Waals surface area (Å²) in [6, 6.07) is 4.93. The van der Waals surface area contributed by atoms with Gasteiger partial charge < -0.3 is 19.7 Å². The number of rotatable bonds is 5. The fraction of sp³-hybridized carbons (Fsp3) is 0.545. The molecule has 3 heterocycles. The van der Waals surface area contributed by atoms with Gasteiger partial charge in [0.05, 0.1) is 31.6 Å². The highest BCUT2D eigenvalue weighted by molar-refractivity contribution is 5.60. The van der Waals surface area contributed by atoms with Crippen LogP contribution in [0.1, 0.15) is 12.8 Å². The van der Waals surface area contributed by atoms with Crippen LogP contribution in [0.3, 0.4) is 0 Å². The van der Waals surface area contributed by atoms with Crippen molar-refractivity contribution in [3.63, 3.8) is 0 Å². The molecule has 1 unspecified atom stereocenters. The van der Waals surface area contributed by atoms with E-state index in [9.17, 15) is 13.2 Å². The van der Waals surface area contributed by atoms with E-state index in [1.807, 2.05) is 0 Å². The van der Waals surface area contributed by atoms with Crippen LogP contribution in [0.15, 0.2) is 24.3 Å². The molecular formula is C22H25F3N4O2. The average molecular weight is 434 g/mol. The number of likely N-dealkylation sites (tertiary alicyclic amines) is 1. The Morgan fingerprint density at radius 2 is 1.84 bits per heavy atom. The summed E-state index contributed by atoms with van der Waals surface area (Å²) in [5.41, 5.74) is -0.145. The number of fused-ring (bicyclic) bond motifs is 1. The molecular weight excluding hydrogens is 409 g/mol. The lowest BCUT2D eigenvalue weighted by atomic mass is 10.0. The lowest BCUT2D eigenvalue weighted by Gasteiger charge is -2.28. The second-order valence-corrected chi connectivity index (χ2v) is 8.67. The van der Waals surface area contributed by atoms with Crippen molar-refractivity contribution in [2.45, 2.75) is 25.0 Å². The van der Waals surface area contributed by atoms with Crippen molar-refractivity contribution >= 4 is 5.82 Å². The molecule has 5 rings (SSSR count). The number of halogens is 3. The highest BCUT2D eigenvalue weighted by Crippen LogP contribution is 2.39. The summed E-state index contributed by atoms with van der Waals surface area (Å²) in [6.07, 6.45) is 2.28. The van der Waals surface area contributed by atoms with Gasteiger partial charge in [-0.2, -0.15) is 0 Å². The van der Waals surface area contributed by atoms with Gasteiger partial charge in [0.1, 0.15) is 11.6 Å². The second-order valence-electron chi connectivity index (χ2n) is 8.67. The summed E-state index contributed by atoms with van der Waals surface area (Å²) >= 11 is 0. The molecule has 1 saturated carbocycles. The zero-order chi connectivity index (χ0) is 21.4. The highest BCUT2D eigenvalue weighted by atomic mass is 19.2. The molecule has 2 aliphatic heterocycles. The van der Waals surface area contributed by atoms with Crippen molar-refractivity contribution in [1.82, 2.24) is 15.1 Å². The Bertz CT molecular complexity index is 910. The van der Waals surface area contributed by atoms with Gasteiger partial charge >= 0.3 is 0 Å². The first-order valence-electron chi connectivity index (χ1n) is 10.7. The molecule has 1 N–H and O–H groups in total. The van der Waals surface area contributed by atoms with Gasteiger partial charge in [-0.1, -0.05) is 0 Å². The van der Waals surface area contributed by atoms with Crippen LogP contribution in [0, 0.1) is 29.3 Å². The van der Waals surface area contributed by atoms with Crippen LogP contribution in [0.2, 0.25) is 0 Å². The normalized spacial score (nSPS) is 28.6. The molecule has 4 atom stereocenters. The largest absolute Gasteiger partial charge is 0.376 e. The van der Waals surface area contributed by atoms with Gasteiger partial charge in [-0.15, -0.1) is 10.2 Å². The van der Waals surface area contributed by atoms with Crippen LogP contribution in [0.5, 0.6) is 0 Å². The van der Waals surface area contributed by atoms with Crippen molar-refractivity contribution in [2.24, 2.45) is 11.8 Å². The smallest absolute Gasteiger partial charge is 0.168 e. The number of ether oxygens (including phenoxy) is 2. The molecule has 31 heavy (non-hydrogen) atoms. The van der Waals surface area contributed by atoms with E-state index >= 15 is 0 Å². The first-order chi connectivity index (χ1) is 15.0. The molecule has 3 fully saturated rings. The van der Waals surface area contributed by atoms with Crippen LogP contribution in [0.25, 0.3) is 11.3 Å². The maximum absolute atomic E-state index is 14.0. The third-order valence-corrected chi connectivity index (χ3v) is 6.46. The molecule has 1 aromatic carbocycles. The number of hydrogen-bond donors (Lipinski definition) is 1. The highest BCUT2D eigenvalue weighted by Gasteiger charge is 2.41. The third kappa shape index (κ3) is 4.53. The number of hydrogen-bond acceptors (Lipinski definition) is 6. The maximum Gasteiger partial charge on any atom is 0.168 e. The topological polar surface area (TPSA) is 59.5 Å². The predicted octanol–water partition coefficient (Wildman–Crippen LogP) is 3.10. The fourth-order valence-corrected chi connectivity index (χ4v) is 5.10. The second kappa shape index (κ2) is 8.72. The van der Waals surface area contributed by atoms with Crippen molar-refractivity contribution in [3.8, 4) is 11.3 Å². The first-order valence-corrected chi connectivity index (χ1v) is 10.7. The van der Waals surface area contributed by atoms with Gasteiger partial charge in [0.15, 0.2) is 11.6 Å². The lowest BCUT2D eigenvalue weighted by Crippen LogP contribution is -2.39. The number of anilines is 1. The molecule has 2 saturated heterocycles. The minimum Gasteiger partial charge on any atom is -0.376 e. The predicted molar refractivity (Wildman–Crippen MR) is 108 cm³/mol. The molecule has 1 aliphatic carbocycles. The summed E-state index contributed by atoms with van der Waals surface area (Å²) in [6.45, 7) is 5.10. The Labute approximate surface area is 178 Å². The van der Waals surface area contributed by atoms with E-state index in [0.717, 1.165) is 38.5 Å². The van der Waals surface area contributed by atoms with E-state index in [1.54, 1.807) is 6.07 Å². The van der Waals surface area contributed by atoms with E-state index in [2.05, 4.69) is 20.4 Å². The molecule has 2 aromatic rings. The summed E-state index contributed by atoms with van der Waals surface area (Å²) < 4.78 is 52.1.